The van der Waals surface area contributed by atoms with Crippen molar-refractivity contribution in [2.24, 2.45) is 0 Å². The first-order valence-electron chi connectivity index (χ1n) is 4.47. The van der Waals surface area contributed by atoms with Gasteiger partial charge in [-0.25, -0.2) is 9.59 Å². The molecule has 5 heteroatoms. The van der Waals surface area contributed by atoms with Gasteiger partial charge >= 0.3 is 10.9 Å². The summed E-state index contributed by atoms with van der Waals surface area (Å²) < 4.78 is 10.5. The summed E-state index contributed by atoms with van der Waals surface area (Å²) in [5.41, 5.74) is 0.811. The lowest BCUT2D eigenvalue weighted by atomic mass is 10.3. The van der Waals surface area contributed by atoms with Gasteiger partial charge in [0.15, 0.2) is 0 Å². The van der Waals surface area contributed by atoms with E-state index >= 15 is 0 Å². The van der Waals surface area contributed by atoms with Crippen LogP contribution in [0.25, 0.3) is 10.3 Å². The second-order valence-electron chi connectivity index (χ2n) is 3.23. The van der Waals surface area contributed by atoms with Gasteiger partial charge in [0.05, 0.1) is 4.70 Å². The lowest BCUT2D eigenvalue weighted by Gasteiger charge is -2.02. The fraction of sp³-hybridized carbons (Fsp3) is 0.0909. The highest BCUT2D eigenvalue weighted by atomic mass is 32.1. The summed E-state index contributed by atoms with van der Waals surface area (Å²) in [6, 6.07) is 4.75. The van der Waals surface area contributed by atoms with Crippen LogP contribution in [0.1, 0.15) is 6.92 Å². The van der Waals surface area contributed by atoms with Crippen molar-refractivity contribution in [3.63, 3.8) is 0 Å². The van der Waals surface area contributed by atoms with Crippen LogP contribution in [0.4, 0.5) is 0 Å². The molecule has 0 bridgehead atoms. The standard InChI is InChI=1S/C11H8O4S/c1-6(2)10(12)14-7-3-4-8-9(5-7)16-11(13)15-8/h3-5H,1H2,2H3. The van der Waals surface area contributed by atoms with E-state index in [2.05, 4.69) is 6.58 Å². The van der Waals surface area contributed by atoms with Gasteiger partial charge in [-0.15, -0.1) is 0 Å². The largest absolute Gasteiger partial charge is 0.423 e. The maximum atomic E-state index is 11.2. The molecule has 2 rings (SSSR count). The zero-order valence-electron chi connectivity index (χ0n) is 8.48. The van der Waals surface area contributed by atoms with Crippen LogP contribution in [0, 0.1) is 0 Å². The van der Waals surface area contributed by atoms with Crippen molar-refractivity contribution in [2.45, 2.75) is 6.92 Å². The average Bonchev–Trinajstić information content (AvgIpc) is 2.57. The smallest absolute Gasteiger partial charge is 0.396 e. The Labute approximate surface area is 94.8 Å². The van der Waals surface area contributed by atoms with Crippen molar-refractivity contribution in [3.05, 3.63) is 40.1 Å². The minimum absolute atomic E-state index is 0.320. The molecule has 2 aromatic rings. The molecule has 0 spiro atoms. The Morgan fingerprint density at radius 3 is 2.94 bits per heavy atom. The summed E-state index contributed by atoms with van der Waals surface area (Å²) in [5.74, 6) is -0.118. The molecular weight excluding hydrogens is 228 g/mol. The molecule has 0 aliphatic rings. The predicted molar refractivity (Wildman–Crippen MR) is 60.8 cm³/mol. The molecule has 0 atom stereocenters. The highest BCUT2D eigenvalue weighted by Crippen LogP contribution is 2.23. The molecule has 16 heavy (non-hydrogen) atoms. The molecule has 0 radical (unpaired) electrons. The number of fused-ring (bicyclic) bond motifs is 1. The summed E-state index contributed by atoms with van der Waals surface area (Å²) >= 11 is 0.966. The number of rotatable bonds is 2. The minimum atomic E-state index is -0.491. The van der Waals surface area contributed by atoms with E-state index in [0.717, 1.165) is 11.3 Å². The lowest BCUT2D eigenvalue weighted by Crippen LogP contribution is -2.07. The number of benzene rings is 1. The lowest BCUT2D eigenvalue weighted by molar-refractivity contribution is -0.130. The van der Waals surface area contributed by atoms with Gasteiger partial charge in [0.2, 0.25) is 0 Å². The van der Waals surface area contributed by atoms with Crippen LogP contribution in [0.3, 0.4) is 0 Å². The van der Waals surface area contributed by atoms with Crippen molar-refractivity contribution in [3.8, 4) is 5.75 Å². The third-order valence-electron chi connectivity index (χ3n) is 1.86. The quantitative estimate of drug-likeness (QED) is 0.456. The van der Waals surface area contributed by atoms with Crippen molar-refractivity contribution in [2.75, 3.05) is 0 Å². The van der Waals surface area contributed by atoms with E-state index in [0.29, 0.717) is 21.6 Å². The third-order valence-corrected chi connectivity index (χ3v) is 2.65. The summed E-state index contributed by atoms with van der Waals surface area (Å²) in [7, 11) is 0. The summed E-state index contributed by atoms with van der Waals surface area (Å²) in [6.45, 7) is 5.04. The molecule has 0 amide bonds. The summed E-state index contributed by atoms with van der Waals surface area (Å²) in [6.07, 6.45) is 0. The maximum Gasteiger partial charge on any atom is 0.396 e. The second kappa shape index (κ2) is 3.94. The van der Waals surface area contributed by atoms with Gasteiger partial charge in [0, 0.05) is 11.6 Å². The fourth-order valence-electron chi connectivity index (χ4n) is 1.11. The fourth-order valence-corrected chi connectivity index (χ4v) is 1.81. The summed E-state index contributed by atoms with van der Waals surface area (Å²) in [4.78, 5) is 21.8. The van der Waals surface area contributed by atoms with Gasteiger partial charge in [-0.3, -0.25) is 0 Å². The van der Waals surface area contributed by atoms with Crippen LogP contribution in [0.15, 0.2) is 39.6 Å². The molecule has 0 aliphatic heterocycles. The Kier molecular flexibility index (Phi) is 2.62. The van der Waals surface area contributed by atoms with Crippen LogP contribution >= 0.6 is 11.3 Å². The number of ether oxygens (including phenoxy) is 1. The topological polar surface area (TPSA) is 56.5 Å². The number of hydrogen-bond donors (Lipinski definition) is 0. The minimum Gasteiger partial charge on any atom is -0.423 e. The van der Waals surface area contributed by atoms with Crippen molar-refractivity contribution in [1.82, 2.24) is 0 Å². The molecule has 0 N–H and O–H groups in total. The Bertz CT molecular complexity index is 620. The first kappa shape index (κ1) is 10.6. The van der Waals surface area contributed by atoms with Crippen LogP contribution in [-0.4, -0.2) is 5.97 Å². The Hall–Kier alpha value is -1.88. The van der Waals surface area contributed by atoms with Gasteiger partial charge in [0.25, 0.3) is 0 Å². The third kappa shape index (κ3) is 2.04. The molecule has 0 fully saturated rings. The van der Waals surface area contributed by atoms with Gasteiger partial charge in [-0.05, 0) is 19.1 Å². The van der Waals surface area contributed by atoms with E-state index in [4.69, 9.17) is 9.15 Å². The average molecular weight is 236 g/mol. The number of hydrogen-bond acceptors (Lipinski definition) is 5. The number of esters is 1. The van der Waals surface area contributed by atoms with Crippen molar-refractivity contribution >= 4 is 27.6 Å². The van der Waals surface area contributed by atoms with Gasteiger partial charge in [-0.2, -0.15) is 0 Å². The van der Waals surface area contributed by atoms with Gasteiger partial charge in [-0.1, -0.05) is 17.9 Å². The monoisotopic (exact) mass is 236 g/mol. The summed E-state index contributed by atoms with van der Waals surface area (Å²) in [5, 5.41) is 0. The zero-order valence-corrected chi connectivity index (χ0v) is 9.30. The molecule has 4 nitrogen and oxygen atoms in total. The first-order valence-corrected chi connectivity index (χ1v) is 5.29. The van der Waals surface area contributed by atoms with E-state index in [1.54, 1.807) is 25.1 Å². The number of carbonyl (C=O) groups excluding carboxylic acids is 1. The maximum absolute atomic E-state index is 11.2. The molecular formula is C11H8O4S. The van der Waals surface area contributed by atoms with Gasteiger partial charge in [0.1, 0.15) is 11.3 Å². The van der Waals surface area contributed by atoms with E-state index in [-0.39, 0.29) is 4.94 Å². The SMILES string of the molecule is C=C(C)C(=O)Oc1ccc2oc(=O)sc2c1. The Balaban J connectivity index is 2.36. The van der Waals surface area contributed by atoms with Crippen molar-refractivity contribution < 1.29 is 13.9 Å². The van der Waals surface area contributed by atoms with E-state index in [9.17, 15) is 9.59 Å². The molecule has 1 aromatic heterocycles. The van der Waals surface area contributed by atoms with Crippen LogP contribution < -0.4 is 9.68 Å². The highest BCUT2D eigenvalue weighted by Gasteiger charge is 2.08. The van der Waals surface area contributed by atoms with E-state index in [1.807, 2.05) is 0 Å². The van der Waals surface area contributed by atoms with Crippen LogP contribution in [0.5, 0.6) is 5.75 Å². The molecule has 1 heterocycles. The van der Waals surface area contributed by atoms with E-state index < -0.39 is 5.97 Å². The first-order chi connectivity index (χ1) is 7.56. The second-order valence-corrected chi connectivity index (χ2v) is 4.21. The number of carbonyl (C=O) groups is 1. The van der Waals surface area contributed by atoms with Crippen LogP contribution in [-0.2, 0) is 4.79 Å². The van der Waals surface area contributed by atoms with Gasteiger partial charge < -0.3 is 9.15 Å². The molecule has 0 saturated carbocycles. The Morgan fingerprint density at radius 2 is 2.25 bits per heavy atom. The zero-order chi connectivity index (χ0) is 11.7. The van der Waals surface area contributed by atoms with E-state index in [1.165, 1.54) is 0 Å². The highest BCUT2D eigenvalue weighted by molar-refractivity contribution is 7.16. The molecule has 0 unspecified atom stereocenters. The molecule has 0 saturated heterocycles. The molecule has 0 aliphatic carbocycles. The predicted octanol–water partition coefficient (Wildman–Crippen LogP) is 2.34. The van der Waals surface area contributed by atoms with Crippen molar-refractivity contribution in [1.29, 1.82) is 0 Å². The molecule has 82 valence electrons. The molecule has 1 aromatic carbocycles. The normalized spacial score (nSPS) is 10.3. The van der Waals surface area contributed by atoms with Crippen LogP contribution in [0.2, 0.25) is 0 Å². The Morgan fingerprint density at radius 1 is 1.50 bits per heavy atom.